The van der Waals surface area contributed by atoms with E-state index in [1.807, 2.05) is 49.4 Å². The molecule has 0 aromatic heterocycles. The first-order chi connectivity index (χ1) is 10.0. The van der Waals surface area contributed by atoms with E-state index in [2.05, 4.69) is 15.9 Å². The Bertz CT molecular complexity index is 652. The molecule has 0 amide bonds. The molecule has 0 spiro atoms. The summed E-state index contributed by atoms with van der Waals surface area (Å²) in [4.78, 5) is 11.6. The van der Waals surface area contributed by atoms with Gasteiger partial charge in [0, 0.05) is 0 Å². The van der Waals surface area contributed by atoms with Crippen molar-refractivity contribution in [1.29, 1.82) is 0 Å². The predicted octanol–water partition coefficient (Wildman–Crippen LogP) is 4.18. The average molecular weight is 349 g/mol. The van der Waals surface area contributed by atoms with Gasteiger partial charge < -0.3 is 9.84 Å². The molecule has 0 fully saturated rings. The van der Waals surface area contributed by atoms with Gasteiger partial charge in [0.25, 0.3) is 0 Å². The van der Waals surface area contributed by atoms with Crippen LogP contribution in [0.3, 0.4) is 0 Å². The van der Waals surface area contributed by atoms with Gasteiger partial charge in [-0.3, -0.25) is 4.79 Å². The number of carboxylic acids is 1. The van der Waals surface area contributed by atoms with Crippen molar-refractivity contribution < 1.29 is 14.6 Å². The molecule has 1 atom stereocenters. The average Bonchev–Trinajstić information content (AvgIpc) is 2.45. The van der Waals surface area contributed by atoms with Crippen molar-refractivity contribution >= 4 is 21.9 Å². The first kappa shape index (κ1) is 15.6. The molecule has 0 bridgehead atoms. The van der Waals surface area contributed by atoms with Crippen LogP contribution in [0.2, 0.25) is 0 Å². The maximum Gasteiger partial charge on any atom is 0.311 e. The Morgan fingerprint density at radius 2 is 2.00 bits per heavy atom. The zero-order valence-electron chi connectivity index (χ0n) is 12.0. The van der Waals surface area contributed by atoms with E-state index >= 15 is 0 Å². The van der Waals surface area contributed by atoms with Crippen molar-refractivity contribution in [2.45, 2.75) is 19.3 Å². The lowest BCUT2D eigenvalue weighted by atomic mass is 9.89. The third-order valence-electron chi connectivity index (χ3n) is 3.52. The number of benzene rings is 2. The molecule has 3 nitrogen and oxygen atoms in total. The third kappa shape index (κ3) is 3.64. The summed E-state index contributed by atoms with van der Waals surface area (Å²) in [5, 5.41) is 9.55. The molecule has 0 heterocycles. The largest absolute Gasteiger partial charge is 0.496 e. The topological polar surface area (TPSA) is 46.5 Å². The van der Waals surface area contributed by atoms with Gasteiger partial charge in [-0.15, -0.1) is 0 Å². The molecule has 21 heavy (non-hydrogen) atoms. The minimum absolute atomic E-state index is 0.447. The summed E-state index contributed by atoms with van der Waals surface area (Å²) < 4.78 is 6.02. The zero-order valence-corrected chi connectivity index (χ0v) is 13.6. The first-order valence-electron chi connectivity index (χ1n) is 6.63. The zero-order chi connectivity index (χ0) is 15.4. The van der Waals surface area contributed by atoms with Crippen LogP contribution in [-0.2, 0) is 11.2 Å². The van der Waals surface area contributed by atoms with E-state index < -0.39 is 11.9 Å². The van der Waals surface area contributed by atoms with E-state index in [0.29, 0.717) is 6.42 Å². The smallest absolute Gasteiger partial charge is 0.311 e. The Kier molecular flexibility index (Phi) is 5.02. The Hall–Kier alpha value is -1.81. The summed E-state index contributed by atoms with van der Waals surface area (Å²) in [5.74, 6) is -0.621. The molecule has 1 N–H and O–H groups in total. The number of hydrogen-bond acceptors (Lipinski definition) is 2. The van der Waals surface area contributed by atoms with Gasteiger partial charge in [0.2, 0.25) is 0 Å². The minimum Gasteiger partial charge on any atom is -0.496 e. The summed E-state index contributed by atoms with van der Waals surface area (Å²) >= 11 is 3.43. The number of ether oxygens (including phenoxy) is 1. The first-order valence-corrected chi connectivity index (χ1v) is 7.43. The Morgan fingerprint density at radius 1 is 1.29 bits per heavy atom. The van der Waals surface area contributed by atoms with Crippen molar-refractivity contribution in [2.24, 2.45) is 0 Å². The Labute approximate surface area is 132 Å². The second-order valence-electron chi connectivity index (χ2n) is 4.92. The van der Waals surface area contributed by atoms with Gasteiger partial charge in [-0.2, -0.15) is 0 Å². The number of hydrogen-bond donors (Lipinski definition) is 1. The molecule has 0 radical (unpaired) electrons. The fourth-order valence-electron chi connectivity index (χ4n) is 2.38. The van der Waals surface area contributed by atoms with Crippen molar-refractivity contribution in [1.82, 2.24) is 0 Å². The molecule has 110 valence electrons. The van der Waals surface area contributed by atoms with Crippen LogP contribution in [-0.4, -0.2) is 18.2 Å². The van der Waals surface area contributed by atoms with Crippen LogP contribution in [0, 0.1) is 6.92 Å². The molecule has 1 unspecified atom stereocenters. The SMILES string of the molecule is COc1ccc(CC(C(=O)O)c2ccccc2C)cc1Br. The second-order valence-corrected chi connectivity index (χ2v) is 5.77. The second kappa shape index (κ2) is 6.76. The summed E-state index contributed by atoms with van der Waals surface area (Å²) in [5.41, 5.74) is 2.81. The molecule has 0 saturated heterocycles. The van der Waals surface area contributed by atoms with Gasteiger partial charge in [0.05, 0.1) is 17.5 Å². The lowest BCUT2D eigenvalue weighted by Gasteiger charge is -2.16. The van der Waals surface area contributed by atoms with Gasteiger partial charge in [-0.1, -0.05) is 30.3 Å². The van der Waals surface area contributed by atoms with Crippen LogP contribution < -0.4 is 4.74 Å². The molecule has 4 heteroatoms. The van der Waals surface area contributed by atoms with E-state index in [4.69, 9.17) is 4.74 Å². The minimum atomic E-state index is -0.809. The number of rotatable bonds is 5. The standard InChI is InChI=1S/C17H17BrO3/c1-11-5-3-4-6-13(11)14(17(19)20)9-12-7-8-16(21-2)15(18)10-12/h3-8,10,14H,9H2,1-2H3,(H,19,20). The molecule has 0 saturated carbocycles. The highest BCUT2D eigenvalue weighted by molar-refractivity contribution is 9.10. The number of aliphatic carboxylic acids is 1. The maximum absolute atomic E-state index is 11.6. The summed E-state index contributed by atoms with van der Waals surface area (Å²) in [6, 6.07) is 13.3. The van der Waals surface area contributed by atoms with E-state index in [-0.39, 0.29) is 0 Å². The van der Waals surface area contributed by atoms with Gasteiger partial charge in [-0.25, -0.2) is 0 Å². The van der Waals surface area contributed by atoms with Gasteiger partial charge in [0.15, 0.2) is 0 Å². The maximum atomic E-state index is 11.6. The van der Waals surface area contributed by atoms with Crippen molar-refractivity contribution in [2.75, 3.05) is 7.11 Å². The predicted molar refractivity (Wildman–Crippen MR) is 86.0 cm³/mol. The van der Waals surface area contributed by atoms with Crippen LogP contribution in [0.5, 0.6) is 5.75 Å². The highest BCUT2D eigenvalue weighted by atomic mass is 79.9. The quantitative estimate of drug-likeness (QED) is 0.881. The van der Waals surface area contributed by atoms with Gasteiger partial charge in [-0.05, 0) is 58.1 Å². The number of aryl methyl sites for hydroxylation is 1. The molecule has 0 aliphatic rings. The van der Waals surface area contributed by atoms with Gasteiger partial charge in [0.1, 0.15) is 5.75 Å². The van der Waals surface area contributed by atoms with Crippen molar-refractivity contribution in [3.63, 3.8) is 0 Å². The lowest BCUT2D eigenvalue weighted by Crippen LogP contribution is -2.15. The van der Waals surface area contributed by atoms with E-state index in [1.165, 1.54) is 0 Å². The van der Waals surface area contributed by atoms with Crippen LogP contribution in [0.15, 0.2) is 46.9 Å². The molecule has 2 rings (SSSR count). The van der Waals surface area contributed by atoms with Crippen molar-refractivity contribution in [3.05, 3.63) is 63.6 Å². The van der Waals surface area contributed by atoms with Gasteiger partial charge >= 0.3 is 5.97 Å². The normalized spacial score (nSPS) is 12.0. The van der Waals surface area contributed by atoms with Crippen LogP contribution in [0.25, 0.3) is 0 Å². The highest BCUT2D eigenvalue weighted by Crippen LogP contribution is 2.29. The monoisotopic (exact) mass is 348 g/mol. The molecule has 0 aliphatic heterocycles. The third-order valence-corrected chi connectivity index (χ3v) is 4.14. The molecular formula is C17H17BrO3. The molecule has 0 aliphatic carbocycles. The summed E-state index contributed by atoms with van der Waals surface area (Å²) in [6.07, 6.45) is 0.447. The number of methoxy groups -OCH3 is 1. The Balaban J connectivity index is 2.31. The number of carboxylic acid groups (broad SMARTS) is 1. The molecule has 2 aromatic rings. The number of carbonyl (C=O) groups is 1. The summed E-state index contributed by atoms with van der Waals surface area (Å²) in [7, 11) is 1.60. The highest BCUT2D eigenvalue weighted by Gasteiger charge is 2.22. The Morgan fingerprint density at radius 3 is 2.57 bits per heavy atom. The fraction of sp³-hybridized carbons (Fsp3) is 0.235. The van der Waals surface area contributed by atoms with Crippen molar-refractivity contribution in [3.8, 4) is 5.75 Å². The van der Waals surface area contributed by atoms with E-state index in [9.17, 15) is 9.90 Å². The molecule has 2 aromatic carbocycles. The van der Waals surface area contributed by atoms with Crippen LogP contribution in [0.1, 0.15) is 22.6 Å². The van der Waals surface area contributed by atoms with E-state index in [1.54, 1.807) is 7.11 Å². The lowest BCUT2D eigenvalue weighted by molar-refractivity contribution is -0.138. The van der Waals surface area contributed by atoms with E-state index in [0.717, 1.165) is 26.9 Å². The van der Waals surface area contributed by atoms with Crippen LogP contribution >= 0.6 is 15.9 Å². The molecular weight excluding hydrogens is 332 g/mol. The fourth-order valence-corrected chi connectivity index (χ4v) is 2.97. The van der Waals surface area contributed by atoms with Crippen LogP contribution in [0.4, 0.5) is 0 Å². The number of halogens is 1. The summed E-state index contributed by atoms with van der Waals surface area (Å²) in [6.45, 7) is 1.94.